The molecule has 24 heavy (non-hydrogen) atoms. The van der Waals surface area contributed by atoms with E-state index in [0.717, 1.165) is 17.6 Å². The van der Waals surface area contributed by atoms with Crippen LogP contribution < -0.4 is 0 Å². The summed E-state index contributed by atoms with van der Waals surface area (Å²) in [6.07, 6.45) is 0. The van der Waals surface area contributed by atoms with E-state index in [-0.39, 0.29) is 0 Å². The first-order valence-electron chi connectivity index (χ1n) is 7.68. The van der Waals surface area contributed by atoms with Crippen molar-refractivity contribution in [3.05, 3.63) is 53.6 Å². The molecule has 1 aromatic heterocycles. The molecule has 0 spiro atoms. The largest absolute Gasteiger partial charge is 0.462 e. The Morgan fingerprint density at radius 3 is 2.58 bits per heavy atom. The summed E-state index contributed by atoms with van der Waals surface area (Å²) in [6.45, 7) is 4.57. The van der Waals surface area contributed by atoms with Crippen molar-refractivity contribution in [3.63, 3.8) is 0 Å². The maximum atomic E-state index is 13.5. The number of benzene rings is 2. The summed E-state index contributed by atoms with van der Waals surface area (Å²) >= 11 is 0. The van der Waals surface area contributed by atoms with Crippen LogP contribution in [0.15, 0.2) is 36.4 Å². The number of rotatable bonds is 4. The number of fused-ring (bicyclic) bond motifs is 1. The number of hydrogen-bond donors (Lipinski definition) is 0. The molecule has 0 aliphatic rings. The van der Waals surface area contributed by atoms with Gasteiger partial charge in [-0.25, -0.2) is 18.6 Å². The van der Waals surface area contributed by atoms with Crippen LogP contribution in [0.25, 0.3) is 22.4 Å². The highest BCUT2D eigenvalue weighted by Gasteiger charge is 2.15. The summed E-state index contributed by atoms with van der Waals surface area (Å²) in [5, 5.41) is 0. The zero-order chi connectivity index (χ0) is 17.3. The fraction of sp³-hybridized carbons (Fsp3) is 0.222. The van der Waals surface area contributed by atoms with Crippen molar-refractivity contribution in [2.45, 2.75) is 20.4 Å². The first-order chi connectivity index (χ1) is 11.5. The van der Waals surface area contributed by atoms with E-state index in [1.807, 2.05) is 11.5 Å². The average molecular weight is 330 g/mol. The number of esters is 1. The van der Waals surface area contributed by atoms with Crippen molar-refractivity contribution in [1.29, 1.82) is 0 Å². The molecule has 0 bridgehead atoms. The molecule has 2 aromatic carbocycles. The molecule has 0 N–H and O–H groups in total. The Hall–Kier alpha value is -2.76. The lowest BCUT2D eigenvalue weighted by molar-refractivity contribution is 0.0526. The third-order valence-electron chi connectivity index (χ3n) is 3.75. The van der Waals surface area contributed by atoms with Gasteiger partial charge in [-0.1, -0.05) is 0 Å². The molecule has 6 heteroatoms. The zero-order valence-corrected chi connectivity index (χ0v) is 13.3. The maximum absolute atomic E-state index is 13.5. The second-order valence-electron chi connectivity index (χ2n) is 5.23. The molecule has 0 fully saturated rings. The lowest BCUT2D eigenvalue weighted by Crippen LogP contribution is -2.04. The summed E-state index contributed by atoms with van der Waals surface area (Å²) in [5.74, 6) is -1.72. The Labute approximate surface area is 137 Å². The van der Waals surface area contributed by atoms with E-state index in [1.165, 1.54) is 6.07 Å². The van der Waals surface area contributed by atoms with Crippen LogP contribution >= 0.6 is 0 Å². The standard InChI is InChI=1S/C18H16F2N2O2/c1-3-22-16-8-6-12(18(23)24-4-2)10-15(16)21-17(22)11-5-7-13(19)14(20)9-11/h5-10H,3-4H2,1-2H3. The number of ether oxygens (including phenoxy) is 1. The van der Waals surface area contributed by atoms with Crippen LogP contribution in [0.1, 0.15) is 24.2 Å². The van der Waals surface area contributed by atoms with Crippen LogP contribution in [-0.2, 0) is 11.3 Å². The van der Waals surface area contributed by atoms with Gasteiger partial charge in [-0.2, -0.15) is 0 Å². The molecule has 0 unspecified atom stereocenters. The van der Waals surface area contributed by atoms with Crippen LogP contribution in [0, 0.1) is 11.6 Å². The third-order valence-corrected chi connectivity index (χ3v) is 3.75. The van der Waals surface area contributed by atoms with Crippen LogP contribution in [-0.4, -0.2) is 22.1 Å². The van der Waals surface area contributed by atoms with Gasteiger partial charge in [0.2, 0.25) is 0 Å². The summed E-state index contributed by atoms with van der Waals surface area (Å²) in [7, 11) is 0. The van der Waals surface area contributed by atoms with Gasteiger partial charge in [-0.15, -0.1) is 0 Å². The topological polar surface area (TPSA) is 44.1 Å². The fourth-order valence-electron chi connectivity index (χ4n) is 2.65. The van der Waals surface area contributed by atoms with Gasteiger partial charge in [0.1, 0.15) is 5.82 Å². The Kier molecular flexibility index (Phi) is 4.29. The van der Waals surface area contributed by atoms with Gasteiger partial charge in [0.25, 0.3) is 0 Å². The Morgan fingerprint density at radius 1 is 1.12 bits per heavy atom. The van der Waals surface area contributed by atoms with E-state index in [2.05, 4.69) is 4.98 Å². The van der Waals surface area contributed by atoms with Gasteiger partial charge >= 0.3 is 5.97 Å². The Balaban J connectivity index is 2.14. The third kappa shape index (κ3) is 2.75. The van der Waals surface area contributed by atoms with E-state index in [0.29, 0.717) is 35.6 Å². The van der Waals surface area contributed by atoms with E-state index < -0.39 is 17.6 Å². The Bertz CT molecular complexity index is 919. The molecule has 3 aromatic rings. The minimum Gasteiger partial charge on any atom is -0.462 e. The van der Waals surface area contributed by atoms with Crippen molar-refractivity contribution < 1.29 is 18.3 Å². The summed E-state index contributed by atoms with van der Waals surface area (Å²) in [6, 6.07) is 8.77. The van der Waals surface area contributed by atoms with E-state index in [9.17, 15) is 13.6 Å². The number of carbonyl (C=O) groups is 1. The van der Waals surface area contributed by atoms with Crippen LogP contribution in [0.3, 0.4) is 0 Å². The second-order valence-corrected chi connectivity index (χ2v) is 5.23. The number of aryl methyl sites for hydroxylation is 1. The van der Waals surface area contributed by atoms with Gasteiger partial charge in [-0.05, 0) is 50.2 Å². The molecule has 0 aliphatic carbocycles. The highest BCUT2D eigenvalue weighted by atomic mass is 19.2. The molecule has 0 aliphatic heterocycles. The van der Waals surface area contributed by atoms with Crippen molar-refractivity contribution in [3.8, 4) is 11.4 Å². The predicted molar refractivity (Wildman–Crippen MR) is 86.7 cm³/mol. The number of hydrogen-bond acceptors (Lipinski definition) is 3. The van der Waals surface area contributed by atoms with Gasteiger partial charge in [0.05, 0.1) is 23.2 Å². The van der Waals surface area contributed by atoms with E-state index in [1.54, 1.807) is 25.1 Å². The first kappa shape index (κ1) is 16.1. The molecule has 0 amide bonds. The van der Waals surface area contributed by atoms with Crippen molar-refractivity contribution in [1.82, 2.24) is 9.55 Å². The van der Waals surface area contributed by atoms with Crippen LogP contribution in [0.2, 0.25) is 0 Å². The normalized spacial score (nSPS) is 11.0. The fourth-order valence-corrected chi connectivity index (χ4v) is 2.65. The van der Waals surface area contributed by atoms with E-state index in [4.69, 9.17) is 4.74 Å². The second kappa shape index (κ2) is 6.39. The minimum atomic E-state index is -0.922. The number of nitrogens with zero attached hydrogens (tertiary/aromatic N) is 2. The molecule has 0 radical (unpaired) electrons. The quantitative estimate of drug-likeness (QED) is 0.674. The molecule has 4 nitrogen and oxygen atoms in total. The van der Waals surface area contributed by atoms with Gasteiger partial charge in [0, 0.05) is 12.1 Å². The number of carbonyl (C=O) groups excluding carboxylic acids is 1. The smallest absolute Gasteiger partial charge is 0.338 e. The summed E-state index contributed by atoms with van der Waals surface area (Å²) in [4.78, 5) is 16.3. The maximum Gasteiger partial charge on any atom is 0.338 e. The number of aromatic nitrogens is 2. The van der Waals surface area contributed by atoms with Gasteiger partial charge < -0.3 is 9.30 Å². The Morgan fingerprint density at radius 2 is 1.92 bits per heavy atom. The number of imidazole rings is 1. The molecule has 0 saturated carbocycles. The molecular weight excluding hydrogens is 314 g/mol. The molecule has 124 valence electrons. The minimum absolute atomic E-state index is 0.292. The monoisotopic (exact) mass is 330 g/mol. The molecule has 0 atom stereocenters. The van der Waals surface area contributed by atoms with Crippen molar-refractivity contribution >= 4 is 17.0 Å². The highest BCUT2D eigenvalue weighted by molar-refractivity contribution is 5.94. The lowest BCUT2D eigenvalue weighted by Gasteiger charge is -2.06. The highest BCUT2D eigenvalue weighted by Crippen LogP contribution is 2.27. The molecular formula is C18H16F2N2O2. The summed E-state index contributed by atoms with van der Waals surface area (Å²) in [5.41, 5.74) is 2.29. The summed E-state index contributed by atoms with van der Waals surface area (Å²) < 4.78 is 33.6. The van der Waals surface area contributed by atoms with Gasteiger partial charge in [-0.3, -0.25) is 0 Å². The zero-order valence-electron chi connectivity index (χ0n) is 13.3. The van der Waals surface area contributed by atoms with Crippen LogP contribution in [0.4, 0.5) is 8.78 Å². The first-order valence-corrected chi connectivity index (χ1v) is 7.68. The molecule has 0 saturated heterocycles. The lowest BCUT2D eigenvalue weighted by atomic mass is 10.2. The van der Waals surface area contributed by atoms with Gasteiger partial charge in [0.15, 0.2) is 11.6 Å². The van der Waals surface area contributed by atoms with E-state index >= 15 is 0 Å². The average Bonchev–Trinajstić information content (AvgIpc) is 2.95. The van der Waals surface area contributed by atoms with Crippen molar-refractivity contribution in [2.75, 3.05) is 6.61 Å². The molecule has 3 rings (SSSR count). The van der Waals surface area contributed by atoms with Crippen LogP contribution in [0.5, 0.6) is 0 Å². The number of halogens is 2. The molecule has 1 heterocycles. The predicted octanol–water partition coefficient (Wildman–Crippen LogP) is 4.18. The van der Waals surface area contributed by atoms with Crippen molar-refractivity contribution in [2.24, 2.45) is 0 Å². The SMILES string of the molecule is CCOC(=O)c1ccc2c(c1)nc(-c1ccc(F)c(F)c1)n2CC.